The van der Waals surface area contributed by atoms with Gasteiger partial charge in [0.2, 0.25) is 5.91 Å². The topological polar surface area (TPSA) is 40.5 Å². The van der Waals surface area contributed by atoms with Gasteiger partial charge < -0.3 is 10.0 Å². The summed E-state index contributed by atoms with van der Waals surface area (Å²) in [6.07, 6.45) is 16.3. The Kier molecular flexibility index (Phi) is 16.8. The molecule has 0 bridgehead atoms. The highest BCUT2D eigenvalue weighted by molar-refractivity contribution is 5.76. The first kappa shape index (κ1) is 23.4. The van der Waals surface area contributed by atoms with E-state index in [-0.39, 0.29) is 12.0 Å². The van der Waals surface area contributed by atoms with Crippen LogP contribution in [0.1, 0.15) is 111 Å². The molecule has 0 fully saturated rings. The van der Waals surface area contributed by atoms with Gasteiger partial charge in [0.05, 0.1) is 6.10 Å². The van der Waals surface area contributed by atoms with Gasteiger partial charge in [-0.15, -0.1) is 0 Å². The van der Waals surface area contributed by atoms with E-state index in [1.165, 1.54) is 64.2 Å². The van der Waals surface area contributed by atoms with Crippen LogP contribution in [0.3, 0.4) is 0 Å². The molecule has 0 aromatic carbocycles. The van der Waals surface area contributed by atoms with Crippen molar-refractivity contribution >= 4 is 5.91 Å². The second kappa shape index (κ2) is 17.3. The van der Waals surface area contributed by atoms with Crippen molar-refractivity contribution in [3.63, 3.8) is 0 Å². The van der Waals surface area contributed by atoms with Crippen LogP contribution >= 0.6 is 0 Å². The van der Waals surface area contributed by atoms with Gasteiger partial charge in [0.25, 0.3) is 0 Å². The first-order valence-electron chi connectivity index (χ1n) is 10.6. The molecule has 1 amide bonds. The fourth-order valence-corrected chi connectivity index (χ4v) is 3.21. The van der Waals surface area contributed by atoms with Crippen molar-refractivity contribution in [3.8, 4) is 0 Å². The Morgan fingerprint density at radius 3 is 1.67 bits per heavy atom. The minimum Gasteiger partial charge on any atom is -0.393 e. The normalized spacial score (nSPS) is 12.3. The van der Waals surface area contributed by atoms with Crippen LogP contribution in [-0.2, 0) is 4.79 Å². The van der Waals surface area contributed by atoms with E-state index in [1.54, 1.807) is 0 Å². The van der Waals surface area contributed by atoms with Crippen molar-refractivity contribution < 1.29 is 9.90 Å². The lowest BCUT2D eigenvalue weighted by Crippen LogP contribution is -2.30. The minimum absolute atomic E-state index is 0.179. The summed E-state index contributed by atoms with van der Waals surface area (Å²) in [5.74, 6) is 0.179. The molecule has 0 aromatic heterocycles. The summed E-state index contributed by atoms with van der Waals surface area (Å²) < 4.78 is 0. The molecule has 0 heterocycles. The number of nitrogens with zero attached hydrogens (tertiary/aromatic N) is 1. The Morgan fingerprint density at radius 2 is 1.21 bits per heavy atom. The Balaban J connectivity index is 3.37. The van der Waals surface area contributed by atoms with Crippen molar-refractivity contribution in [1.29, 1.82) is 0 Å². The molecular formula is C21H43NO2. The first-order chi connectivity index (χ1) is 11.7. The molecule has 0 saturated carbocycles. The van der Waals surface area contributed by atoms with E-state index in [2.05, 4.69) is 6.92 Å². The molecule has 0 aliphatic carbocycles. The third-order valence-electron chi connectivity index (χ3n) is 4.95. The Hall–Kier alpha value is -0.570. The lowest BCUT2D eigenvalue weighted by Gasteiger charge is -2.19. The molecule has 0 radical (unpaired) electrons. The van der Waals surface area contributed by atoms with Gasteiger partial charge >= 0.3 is 0 Å². The second-order valence-electron chi connectivity index (χ2n) is 7.08. The molecule has 24 heavy (non-hydrogen) atoms. The highest BCUT2D eigenvalue weighted by Gasteiger charge is 2.12. The molecule has 1 N–H and O–H groups in total. The average Bonchev–Trinajstić information content (AvgIpc) is 2.59. The zero-order chi connectivity index (χ0) is 18.0. The summed E-state index contributed by atoms with van der Waals surface area (Å²) in [5.41, 5.74) is 0. The van der Waals surface area contributed by atoms with Crippen LogP contribution < -0.4 is 0 Å². The molecular weight excluding hydrogens is 298 g/mol. The summed E-state index contributed by atoms with van der Waals surface area (Å²) in [4.78, 5) is 13.7. The summed E-state index contributed by atoms with van der Waals surface area (Å²) in [5, 5.41) is 10.00. The molecule has 0 unspecified atom stereocenters. The molecule has 0 aliphatic heterocycles. The van der Waals surface area contributed by atoms with Gasteiger partial charge in [-0.3, -0.25) is 4.79 Å². The zero-order valence-corrected chi connectivity index (χ0v) is 16.7. The van der Waals surface area contributed by atoms with Gasteiger partial charge in [-0.1, -0.05) is 77.6 Å². The molecule has 144 valence electrons. The van der Waals surface area contributed by atoms with Crippen molar-refractivity contribution in [2.45, 2.75) is 117 Å². The maximum Gasteiger partial charge on any atom is 0.222 e. The van der Waals surface area contributed by atoms with Gasteiger partial charge in [0, 0.05) is 19.5 Å². The first-order valence-corrected chi connectivity index (χ1v) is 10.6. The maximum absolute atomic E-state index is 11.9. The van der Waals surface area contributed by atoms with Gasteiger partial charge in [0.15, 0.2) is 0 Å². The van der Waals surface area contributed by atoms with E-state index in [1.807, 2.05) is 18.7 Å². The van der Waals surface area contributed by atoms with Crippen LogP contribution in [0.5, 0.6) is 0 Å². The van der Waals surface area contributed by atoms with E-state index in [4.69, 9.17) is 0 Å². The monoisotopic (exact) mass is 341 g/mol. The average molecular weight is 342 g/mol. The highest BCUT2D eigenvalue weighted by Crippen LogP contribution is 2.14. The highest BCUT2D eigenvalue weighted by atomic mass is 16.3. The number of aliphatic hydroxyl groups is 1. The number of unbranched alkanes of at least 4 members (excludes halogenated alkanes) is 10. The van der Waals surface area contributed by atoms with Gasteiger partial charge in [-0.05, 0) is 26.7 Å². The largest absolute Gasteiger partial charge is 0.393 e. The Bertz CT molecular complexity index is 277. The summed E-state index contributed by atoms with van der Waals surface area (Å²) in [6.45, 7) is 7.81. The number of carbonyl (C=O) groups is 1. The fourth-order valence-electron chi connectivity index (χ4n) is 3.21. The summed E-state index contributed by atoms with van der Waals surface area (Å²) in [6, 6.07) is 0. The smallest absolute Gasteiger partial charge is 0.222 e. The van der Waals surface area contributed by atoms with Crippen molar-refractivity contribution in [1.82, 2.24) is 4.90 Å². The van der Waals surface area contributed by atoms with Gasteiger partial charge in [-0.2, -0.15) is 0 Å². The number of aliphatic hydroxyl groups excluding tert-OH is 1. The molecule has 0 aliphatic rings. The Labute approximate surface area is 151 Å². The van der Waals surface area contributed by atoms with Crippen LogP contribution in [0.25, 0.3) is 0 Å². The molecule has 1 atom stereocenters. The van der Waals surface area contributed by atoms with Crippen LogP contribution in [0, 0.1) is 0 Å². The maximum atomic E-state index is 11.9. The van der Waals surface area contributed by atoms with Crippen molar-refractivity contribution in [3.05, 3.63) is 0 Å². The van der Waals surface area contributed by atoms with Crippen LogP contribution in [0.15, 0.2) is 0 Å². The number of rotatable bonds is 17. The van der Waals surface area contributed by atoms with E-state index < -0.39 is 0 Å². The zero-order valence-electron chi connectivity index (χ0n) is 16.7. The second-order valence-corrected chi connectivity index (χ2v) is 7.08. The minimum atomic E-state index is -0.303. The van der Waals surface area contributed by atoms with Crippen molar-refractivity contribution in [2.75, 3.05) is 13.1 Å². The standard InChI is InChI=1S/C21H43NO2/c1-4-7-8-9-10-11-12-13-14-15-16-17-20(23)18-19-21(24)22(5-2)6-3/h20,23H,4-19H2,1-3H3/t20-/m0/s1. The van der Waals surface area contributed by atoms with Crippen LogP contribution in [-0.4, -0.2) is 35.1 Å². The Morgan fingerprint density at radius 1 is 0.750 bits per heavy atom. The molecule has 3 heteroatoms. The number of hydrogen-bond acceptors (Lipinski definition) is 2. The fraction of sp³-hybridized carbons (Fsp3) is 0.952. The molecule has 0 saturated heterocycles. The summed E-state index contributed by atoms with van der Waals surface area (Å²) in [7, 11) is 0. The van der Waals surface area contributed by atoms with Crippen LogP contribution in [0.2, 0.25) is 0 Å². The van der Waals surface area contributed by atoms with Gasteiger partial charge in [-0.25, -0.2) is 0 Å². The number of amides is 1. The van der Waals surface area contributed by atoms with Crippen molar-refractivity contribution in [2.24, 2.45) is 0 Å². The van der Waals surface area contributed by atoms with E-state index >= 15 is 0 Å². The molecule has 3 nitrogen and oxygen atoms in total. The molecule has 0 aromatic rings. The third kappa shape index (κ3) is 13.8. The molecule has 0 spiro atoms. The lowest BCUT2D eigenvalue weighted by atomic mass is 10.0. The van der Waals surface area contributed by atoms with E-state index in [0.717, 1.165) is 25.9 Å². The predicted octanol–water partition coefficient (Wildman–Crippen LogP) is 5.70. The predicted molar refractivity (Wildman–Crippen MR) is 104 cm³/mol. The van der Waals surface area contributed by atoms with E-state index in [9.17, 15) is 9.90 Å². The van der Waals surface area contributed by atoms with E-state index in [0.29, 0.717) is 12.8 Å². The SMILES string of the molecule is CCCCCCCCCCCCC[C@H](O)CCC(=O)N(CC)CC. The quantitative estimate of drug-likeness (QED) is 0.345. The van der Waals surface area contributed by atoms with Gasteiger partial charge in [0.1, 0.15) is 0 Å². The third-order valence-corrected chi connectivity index (χ3v) is 4.95. The number of hydrogen-bond donors (Lipinski definition) is 1. The van der Waals surface area contributed by atoms with Crippen LogP contribution in [0.4, 0.5) is 0 Å². The molecule has 0 rings (SSSR count). The lowest BCUT2D eigenvalue weighted by molar-refractivity contribution is -0.131. The number of carbonyl (C=O) groups excluding carboxylic acids is 1. The summed E-state index contributed by atoms with van der Waals surface area (Å²) >= 11 is 0.